The van der Waals surface area contributed by atoms with Gasteiger partial charge in [0.15, 0.2) is 0 Å². The third-order valence-electron chi connectivity index (χ3n) is 9.28. The van der Waals surface area contributed by atoms with Crippen molar-refractivity contribution in [1.29, 1.82) is 0 Å². The van der Waals surface area contributed by atoms with E-state index in [2.05, 4.69) is 89.5 Å². The van der Waals surface area contributed by atoms with E-state index >= 15 is 0 Å². The first kappa shape index (κ1) is 24.3. The third-order valence-corrected chi connectivity index (χ3v) is 9.28. The number of aromatic nitrogens is 3. The van der Waals surface area contributed by atoms with E-state index < -0.39 is 0 Å². The van der Waals surface area contributed by atoms with E-state index in [0.717, 1.165) is 28.7 Å². The summed E-state index contributed by atoms with van der Waals surface area (Å²) >= 11 is 0. The molecule has 2 aliphatic rings. The van der Waals surface area contributed by atoms with Crippen molar-refractivity contribution in [2.24, 2.45) is 0 Å². The molecule has 4 nitrogen and oxygen atoms in total. The maximum Gasteiger partial charge on any atom is 0.137 e. The number of hydrogen-bond donors (Lipinski definition) is 1. The molecular formula is C35H36N4. The average molecular weight is 513 g/mol. The van der Waals surface area contributed by atoms with Gasteiger partial charge in [-0.25, -0.2) is 4.98 Å². The fourth-order valence-electron chi connectivity index (χ4n) is 6.78. The molecule has 196 valence electrons. The number of benzene rings is 2. The van der Waals surface area contributed by atoms with Crippen LogP contribution in [0.5, 0.6) is 0 Å². The second-order valence-corrected chi connectivity index (χ2v) is 11.7. The zero-order chi connectivity index (χ0) is 26.4. The van der Waals surface area contributed by atoms with Crippen LogP contribution in [0.2, 0.25) is 0 Å². The maximum atomic E-state index is 4.81. The minimum atomic E-state index is 0.334. The summed E-state index contributed by atoms with van der Waals surface area (Å²) in [6, 6.07) is 22.2. The number of hydrogen-bond acceptors (Lipinski definition) is 3. The van der Waals surface area contributed by atoms with Crippen molar-refractivity contribution in [3.63, 3.8) is 0 Å². The SMILES string of the molecule is Cc1cccnc1-c1ccc(-c2c[nH]c3ncc(-c4ccc5c(c4)CC[C@@](C)(N4CCCC4)CC5)cc23)cc1. The molecule has 1 aliphatic heterocycles. The highest BCUT2D eigenvalue weighted by Gasteiger charge is 2.34. The van der Waals surface area contributed by atoms with Crippen LogP contribution in [0.15, 0.2) is 79.3 Å². The summed E-state index contributed by atoms with van der Waals surface area (Å²) in [6.07, 6.45) is 13.5. The lowest BCUT2D eigenvalue weighted by Crippen LogP contribution is -2.44. The molecule has 0 spiro atoms. The molecule has 2 aromatic carbocycles. The lowest BCUT2D eigenvalue weighted by atomic mass is 9.90. The van der Waals surface area contributed by atoms with Gasteiger partial charge in [-0.3, -0.25) is 9.88 Å². The van der Waals surface area contributed by atoms with Crippen molar-refractivity contribution >= 4 is 11.0 Å². The van der Waals surface area contributed by atoms with Gasteiger partial charge < -0.3 is 4.98 Å². The lowest BCUT2D eigenvalue weighted by Gasteiger charge is -2.38. The monoisotopic (exact) mass is 512 g/mol. The highest BCUT2D eigenvalue weighted by atomic mass is 15.2. The fourth-order valence-corrected chi connectivity index (χ4v) is 6.78. The minimum absolute atomic E-state index is 0.334. The van der Waals surface area contributed by atoms with Crippen LogP contribution in [0.4, 0.5) is 0 Å². The van der Waals surface area contributed by atoms with E-state index in [1.165, 1.54) is 84.1 Å². The van der Waals surface area contributed by atoms with Gasteiger partial charge in [-0.1, -0.05) is 48.5 Å². The molecule has 1 fully saturated rings. The summed E-state index contributed by atoms with van der Waals surface area (Å²) in [4.78, 5) is 15.5. The van der Waals surface area contributed by atoms with Gasteiger partial charge in [0.1, 0.15) is 5.65 Å². The molecule has 5 aromatic rings. The van der Waals surface area contributed by atoms with Crippen molar-refractivity contribution < 1.29 is 0 Å². The molecule has 4 heterocycles. The third kappa shape index (κ3) is 4.47. The summed E-state index contributed by atoms with van der Waals surface area (Å²) in [5.74, 6) is 0. The standard InChI is InChI=1S/C35H36N4/c1-24-6-5-17-36-33(24)27-10-8-26(9-11-27)32-23-38-34-31(32)21-30(22-37-34)28-12-7-25-13-15-35(2,16-14-29(25)20-28)39-18-3-4-19-39/h5-12,17,20-23H,3-4,13-16,18-19H2,1-2H3,(H,37,38)/t35-/m0/s1. The zero-order valence-corrected chi connectivity index (χ0v) is 23.0. The Morgan fingerprint density at radius 2 is 1.54 bits per heavy atom. The number of aryl methyl sites for hydroxylation is 3. The van der Waals surface area contributed by atoms with Gasteiger partial charge in [-0.15, -0.1) is 0 Å². The number of fused-ring (bicyclic) bond motifs is 2. The molecule has 0 amide bonds. The van der Waals surface area contributed by atoms with E-state index in [0.29, 0.717) is 5.54 Å². The normalized spacial score (nSPS) is 19.7. The Hall–Kier alpha value is -3.76. The number of likely N-dealkylation sites (tertiary alicyclic amines) is 1. The van der Waals surface area contributed by atoms with Crippen LogP contribution >= 0.6 is 0 Å². The van der Waals surface area contributed by atoms with Crippen molar-refractivity contribution in [2.45, 2.75) is 57.9 Å². The zero-order valence-electron chi connectivity index (χ0n) is 23.0. The summed E-state index contributed by atoms with van der Waals surface area (Å²) in [5, 5.41) is 1.16. The van der Waals surface area contributed by atoms with Crippen LogP contribution in [0.1, 0.15) is 49.3 Å². The van der Waals surface area contributed by atoms with Gasteiger partial charge in [0.25, 0.3) is 0 Å². The maximum absolute atomic E-state index is 4.81. The van der Waals surface area contributed by atoms with Gasteiger partial charge in [0, 0.05) is 46.2 Å². The summed E-state index contributed by atoms with van der Waals surface area (Å²) in [6.45, 7) is 7.15. The van der Waals surface area contributed by atoms with Crippen molar-refractivity contribution in [3.05, 3.63) is 95.9 Å². The number of aromatic amines is 1. The van der Waals surface area contributed by atoms with Crippen LogP contribution in [0, 0.1) is 6.92 Å². The summed E-state index contributed by atoms with van der Waals surface area (Å²) in [7, 11) is 0. The number of rotatable bonds is 4. The van der Waals surface area contributed by atoms with Crippen LogP contribution < -0.4 is 0 Å². The van der Waals surface area contributed by atoms with E-state index in [1.807, 2.05) is 18.5 Å². The first-order valence-electron chi connectivity index (χ1n) is 14.4. The Balaban J connectivity index is 1.18. The smallest absolute Gasteiger partial charge is 0.137 e. The molecule has 0 radical (unpaired) electrons. The van der Waals surface area contributed by atoms with Gasteiger partial charge in [0.2, 0.25) is 0 Å². The van der Waals surface area contributed by atoms with E-state index in [1.54, 1.807) is 0 Å². The summed E-state index contributed by atoms with van der Waals surface area (Å²) in [5.41, 5.74) is 12.5. The number of nitrogens with zero attached hydrogens (tertiary/aromatic N) is 3. The highest BCUT2D eigenvalue weighted by molar-refractivity contribution is 5.96. The molecule has 1 atom stereocenters. The van der Waals surface area contributed by atoms with E-state index in [9.17, 15) is 0 Å². The molecule has 1 saturated heterocycles. The average Bonchev–Trinajstić information content (AvgIpc) is 3.63. The predicted molar refractivity (Wildman–Crippen MR) is 161 cm³/mol. The van der Waals surface area contributed by atoms with Crippen LogP contribution in [0.25, 0.3) is 44.5 Å². The number of H-pyrrole nitrogens is 1. The quantitative estimate of drug-likeness (QED) is 0.248. The largest absolute Gasteiger partial charge is 0.346 e. The summed E-state index contributed by atoms with van der Waals surface area (Å²) < 4.78 is 0. The van der Waals surface area contributed by atoms with Crippen LogP contribution in [-0.4, -0.2) is 38.5 Å². The lowest BCUT2D eigenvalue weighted by molar-refractivity contribution is 0.118. The van der Waals surface area contributed by atoms with Gasteiger partial charge >= 0.3 is 0 Å². The molecule has 1 N–H and O–H groups in total. The van der Waals surface area contributed by atoms with Crippen molar-refractivity contribution in [2.75, 3.05) is 13.1 Å². The Labute approximate surface area is 231 Å². The molecule has 3 aromatic heterocycles. The molecule has 0 saturated carbocycles. The first-order chi connectivity index (χ1) is 19.1. The molecule has 7 rings (SSSR count). The van der Waals surface area contributed by atoms with E-state index in [-0.39, 0.29) is 0 Å². The van der Waals surface area contributed by atoms with E-state index in [4.69, 9.17) is 4.98 Å². The Bertz CT molecular complexity index is 1640. The van der Waals surface area contributed by atoms with Gasteiger partial charge in [0.05, 0.1) is 5.69 Å². The molecule has 39 heavy (non-hydrogen) atoms. The second-order valence-electron chi connectivity index (χ2n) is 11.7. The Morgan fingerprint density at radius 1 is 0.795 bits per heavy atom. The minimum Gasteiger partial charge on any atom is -0.346 e. The highest BCUT2D eigenvalue weighted by Crippen LogP contribution is 2.37. The molecule has 0 bridgehead atoms. The number of nitrogens with one attached hydrogen (secondary N) is 1. The first-order valence-corrected chi connectivity index (χ1v) is 14.4. The fraction of sp³-hybridized carbons (Fsp3) is 0.314. The Kier molecular flexibility index (Phi) is 6.08. The second kappa shape index (κ2) is 9.77. The van der Waals surface area contributed by atoms with Crippen LogP contribution in [0.3, 0.4) is 0 Å². The molecule has 1 aliphatic carbocycles. The van der Waals surface area contributed by atoms with Gasteiger partial charge in [-0.05, 0) is 105 Å². The Morgan fingerprint density at radius 3 is 2.33 bits per heavy atom. The van der Waals surface area contributed by atoms with Crippen molar-refractivity contribution in [1.82, 2.24) is 19.9 Å². The molecule has 0 unspecified atom stereocenters. The van der Waals surface area contributed by atoms with Crippen LogP contribution in [-0.2, 0) is 12.8 Å². The predicted octanol–water partition coefficient (Wildman–Crippen LogP) is 8.00. The van der Waals surface area contributed by atoms with Crippen molar-refractivity contribution in [3.8, 4) is 33.5 Å². The van der Waals surface area contributed by atoms with Gasteiger partial charge in [-0.2, -0.15) is 0 Å². The molecular weight excluding hydrogens is 476 g/mol. The topological polar surface area (TPSA) is 44.8 Å². The molecule has 4 heteroatoms. The number of pyridine rings is 2.